The van der Waals surface area contributed by atoms with Gasteiger partial charge in [-0.1, -0.05) is 0 Å². The lowest BCUT2D eigenvalue weighted by Crippen LogP contribution is -2.33. The van der Waals surface area contributed by atoms with Crippen molar-refractivity contribution >= 4 is 0 Å². The monoisotopic (exact) mass is 112 g/mol. The Hall–Kier alpha value is -0.0800. The lowest BCUT2D eigenvalue weighted by molar-refractivity contribution is 0.415. The maximum atomic E-state index is 3.36. The molecule has 2 heterocycles. The molecule has 2 heteroatoms. The molecule has 3 unspecified atom stereocenters. The summed E-state index contributed by atoms with van der Waals surface area (Å²) in [6.07, 6.45) is 0. The van der Waals surface area contributed by atoms with Crippen molar-refractivity contribution in [1.29, 1.82) is 0 Å². The van der Waals surface area contributed by atoms with Crippen molar-refractivity contribution in [2.24, 2.45) is 0 Å². The van der Waals surface area contributed by atoms with E-state index in [0.717, 1.165) is 12.1 Å². The third kappa shape index (κ3) is 0.501. The summed E-state index contributed by atoms with van der Waals surface area (Å²) in [4.78, 5) is 2.54. The molecule has 2 aliphatic rings. The van der Waals surface area contributed by atoms with Crippen molar-refractivity contribution in [1.82, 2.24) is 10.2 Å². The van der Waals surface area contributed by atoms with Crippen LogP contribution >= 0.6 is 0 Å². The van der Waals surface area contributed by atoms with Gasteiger partial charge in [0.1, 0.15) is 0 Å². The number of nitrogens with one attached hydrogen (secondary N) is 1. The van der Waals surface area contributed by atoms with Crippen LogP contribution in [0.3, 0.4) is 0 Å². The number of nitrogens with zero attached hydrogens (tertiary/aromatic N) is 1. The van der Waals surface area contributed by atoms with Crippen molar-refractivity contribution < 1.29 is 0 Å². The zero-order chi connectivity index (χ0) is 5.56. The molecule has 0 spiro atoms. The van der Waals surface area contributed by atoms with Crippen LogP contribution in [0.15, 0.2) is 0 Å². The van der Waals surface area contributed by atoms with E-state index < -0.39 is 0 Å². The van der Waals surface area contributed by atoms with Gasteiger partial charge in [-0.3, -0.25) is 4.90 Å². The minimum absolute atomic E-state index is 0.880. The summed E-state index contributed by atoms with van der Waals surface area (Å²) in [5.41, 5.74) is 0. The molecule has 0 aliphatic carbocycles. The van der Waals surface area contributed by atoms with Crippen molar-refractivity contribution in [2.45, 2.75) is 19.0 Å². The lowest BCUT2D eigenvalue weighted by atomic mass is 10.3. The molecule has 2 saturated heterocycles. The van der Waals surface area contributed by atoms with Gasteiger partial charge in [-0.15, -0.1) is 0 Å². The number of piperazine rings is 1. The van der Waals surface area contributed by atoms with Crippen molar-refractivity contribution in [3.05, 3.63) is 0 Å². The Bertz CT molecular complexity index is 90.7. The Labute approximate surface area is 49.9 Å². The van der Waals surface area contributed by atoms with E-state index in [2.05, 4.69) is 17.1 Å². The molecular weight excluding hydrogens is 100 g/mol. The summed E-state index contributed by atoms with van der Waals surface area (Å²) in [5, 5.41) is 3.36. The molecule has 2 nitrogen and oxygen atoms in total. The molecule has 0 radical (unpaired) electrons. The van der Waals surface area contributed by atoms with Gasteiger partial charge < -0.3 is 5.32 Å². The molecule has 2 aliphatic heterocycles. The maximum absolute atomic E-state index is 3.36. The number of hydrogen-bond acceptors (Lipinski definition) is 2. The van der Waals surface area contributed by atoms with Crippen LogP contribution in [0.2, 0.25) is 0 Å². The molecule has 0 aromatic heterocycles. The average molecular weight is 112 g/mol. The topological polar surface area (TPSA) is 15.0 Å². The van der Waals surface area contributed by atoms with Gasteiger partial charge >= 0.3 is 0 Å². The molecule has 46 valence electrons. The minimum Gasteiger partial charge on any atom is -0.314 e. The summed E-state index contributed by atoms with van der Waals surface area (Å²) in [6, 6.07) is 1.77. The molecule has 0 aromatic carbocycles. The predicted molar refractivity (Wildman–Crippen MR) is 32.8 cm³/mol. The van der Waals surface area contributed by atoms with Crippen LogP contribution in [0, 0.1) is 0 Å². The van der Waals surface area contributed by atoms with E-state index in [-0.39, 0.29) is 0 Å². The fourth-order valence-electron chi connectivity index (χ4n) is 1.59. The van der Waals surface area contributed by atoms with Crippen LogP contribution in [-0.2, 0) is 0 Å². The molecule has 2 rings (SSSR count). The molecule has 0 amide bonds. The largest absolute Gasteiger partial charge is 0.314 e. The fourth-order valence-corrected chi connectivity index (χ4v) is 1.59. The van der Waals surface area contributed by atoms with Gasteiger partial charge in [0.05, 0.1) is 0 Å². The molecule has 2 fully saturated rings. The van der Waals surface area contributed by atoms with Crippen LogP contribution in [0.5, 0.6) is 0 Å². The Morgan fingerprint density at radius 3 is 3.00 bits per heavy atom. The lowest BCUT2D eigenvalue weighted by Gasteiger charge is -2.10. The number of hydrogen-bond donors (Lipinski definition) is 1. The second-order valence-corrected chi connectivity index (χ2v) is 2.75. The second kappa shape index (κ2) is 1.45. The van der Waals surface area contributed by atoms with Crippen LogP contribution in [0.25, 0.3) is 0 Å². The van der Waals surface area contributed by atoms with E-state index >= 15 is 0 Å². The van der Waals surface area contributed by atoms with Gasteiger partial charge in [-0.25, -0.2) is 0 Å². The smallest absolute Gasteiger partial charge is 0.0377 e. The van der Waals surface area contributed by atoms with Crippen LogP contribution in [-0.4, -0.2) is 36.6 Å². The first kappa shape index (κ1) is 4.77. The van der Waals surface area contributed by atoms with E-state index in [4.69, 9.17) is 0 Å². The minimum atomic E-state index is 0.880. The normalized spacial score (nSPS) is 52.9. The fraction of sp³-hybridized carbons (Fsp3) is 1.00. The van der Waals surface area contributed by atoms with E-state index in [1.54, 1.807) is 0 Å². The summed E-state index contributed by atoms with van der Waals surface area (Å²) in [5.74, 6) is 0. The van der Waals surface area contributed by atoms with Gasteiger partial charge in [0, 0.05) is 31.7 Å². The third-order valence-corrected chi connectivity index (χ3v) is 2.32. The Kier molecular flexibility index (Phi) is 0.866. The second-order valence-electron chi connectivity index (χ2n) is 2.75. The zero-order valence-corrected chi connectivity index (χ0v) is 5.22. The summed E-state index contributed by atoms with van der Waals surface area (Å²) in [6.45, 7) is 5.99. The van der Waals surface area contributed by atoms with E-state index in [1.165, 1.54) is 19.6 Å². The van der Waals surface area contributed by atoms with Gasteiger partial charge in [-0.2, -0.15) is 0 Å². The van der Waals surface area contributed by atoms with E-state index in [9.17, 15) is 0 Å². The summed E-state index contributed by atoms with van der Waals surface area (Å²) < 4.78 is 0. The molecule has 0 aromatic rings. The first-order chi connectivity index (χ1) is 3.89. The molecule has 1 N–H and O–H groups in total. The van der Waals surface area contributed by atoms with Gasteiger partial charge in [0.25, 0.3) is 0 Å². The highest BCUT2D eigenvalue weighted by molar-refractivity contribution is 5.02. The molecule has 8 heavy (non-hydrogen) atoms. The Morgan fingerprint density at radius 2 is 2.50 bits per heavy atom. The highest BCUT2D eigenvalue weighted by atomic mass is 15.4. The summed E-state index contributed by atoms with van der Waals surface area (Å²) in [7, 11) is 0. The van der Waals surface area contributed by atoms with Gasteiger partial charge in [0.2, 0.25) is 0 Å². The number of rotatable bonds is 0. The number of fused-ring (bicyclic) bond motifs is 1. The SMILES string of the molecule is CC1C2CNCCN12. The third-order valence-electron chi connectivity index (χ3n) is 2.32. The van der Waals surface area contributed by atoms with E-state index in [1.807, 2.05) is 0 Å². The van der Waals surface area contributed by atoms with Crippen LogP contribution in [0.4, 0.5) is 0 Å². The van der Waals surface area contributed by atoms with E-state index in [0.29, 0.717) is 0 Å². The van der Waals surface area contributed by atoms with Crippen molar-refractivity contribution in [2.75, 3.05) is 19.6 Å². The predicted octanol–water partition coefficient (Wildman–Crippen LogP) is -0.338. The molecule has 3 atom stereocenters. The molecule has 0 saturated carbocycles. The standard InChI is InChI=1S/C6H12N2/c1-5-6-4-7-2-3-8(5)6/h5-7H,2-4H2,1H3. The van der Waals surface area contributed by atoms with Crippen LogP contribution < -0.4 is 5.32 Å². The first-order valence-corrected chi connectivity index (χ1v) is 3.36. The highest BCUT2D eigenvalue weighted by Crippen LogP contribution is 2.27. The maximum Gasteiger partial charge on any atom is 0.0377 e. The Balaban J connectivity index is 1.97. The molecular formula is C6H12N2. The summed E-state index contributed by atoms with van der Waals surface area (Å²) >= 11 is 0. The average Bonchev–Trinajstić information content (AvgIpc) is 2.46. The molecule has 0 bridgehead atoms. The van der Waals surface area contributed by atoms with Crippen molar-refractivity contribution in [3.63, 3.8) is 0 Å². The van der Waals surface area contributed by atoms with Crippen LogP contribution in [0.1, 0.15) is 6.92 Å². The quantitative estimate of drug-likeness (QED) is 0.431. The zero-order valence-electron chi connectivity index (χ0n) is 5.22. The van der Waals surface area contributed by atoms with Gasteiger partial charge in [0.15, 0.2) is 0 Å². The van der Waals surface area contributed by atoms with Gasteiger partial charge in [-0.05, 0) is 6.92 Å². The Morgan fingerprint density at radius 1 is 1.62 bits per heavy atom. The highest BCUT2D eigenvalue weighted by Gasteiger charge is 2.44. The van der Waals surface area contributed by atoms with Crippen molar-refractivity contribution in [3.8, 4) is 0 Å². The first-order valence-electron chi connectivity index (χ1n) is 3.36.